The fourth-order valence-corrected chi connectivity index (χ4v) is 5.30. The van der Waals surface area contributed by atoms with Crippen molar-refractivity contribution < 1.29 is 36.9 Å². The molecule has 1 aromatic heterocycles. The molecule has 4 rings (SSSR count). The lowest BCUT2D eigenvalue weighted by Crippen LogP contribution is -2.31. The van der Waals surface area contributed by atoms with Crippen molar-refractivity contribution in [3.8, 4) is 0 Å². The highest BCUT2D eigenvalue weighted by atomic mass is 32.2. The van der Waals surface area contributed by atoms with Crippen molar-refractivity contribution in [3.05, 3.63) is 88.0 Å². The van der Waals surface area contributed by atoms with Gasteiger partial charge in [0.2, 0.25) is 17.8 Å². The van der Waals surface area contributed by atoms with Crippen molar-refractivity contribution in [2.75, 3.05) is 41.8 Å². The predicted octanol–water partition coefficient (Wildman–Crippen LogP) is 3.06. The molecule has 0 saturated heterocycles. The summed E-state index contributed by atoms with van der Waals surface area (Å²) in [4.78, 5) is 24.2. The summed E-state index contributed by atoms with van der Waals surface area (Å²) in [6.45, 7) is -0.223. The van der Waals surface area contributed by atoms with Gasteiger partial charge in [-0.15, -0.1) is 0 Å². The van der Waals surface area contributed by atoms with Crippen LogP contribution in [0.3, 0.4) is 0 Å². The number of nitro benzene ring substituents is 1. The maximum absolute atomic E-state index is 12.3. The molecule has 16 nitrogen and oxygen atoms in total. The number of anilines is 5. The molecule has 4 aromatic rings. The third-order valence-electron chi connectivity index (χ3n) is 6.06. The van der Waals surface area contributed by atoms with Crippen molar-refractivity contribution >= 4 is 68.3 Å². The summed E-state index contributed by atoms with van der Waals surface area (Å²) in [6, 6.07) is 16.2. The van der Waals surface area contributed by atoms with Crippen molar-refractivity contribution in [3.63, 3.8) is 0 Å². The second kappa shape index (κ2) is 14.8. The van der Waals surface area contributed by atoms with E-state index in [2.05, 4.69) is 25.6 Å². The molecular formula is C27H27N7O9S2. The Morgan fingerprint density at radius 2 is 1.47 bits per heavy atom. The number of hydrogen-bond acceptors (Lipinski definition) is 13. The molecule has 236 valence electrons. The summed E-state index contributed by atoms with van der Waals surface area (Å²) < 4.78 is 55.6. The Balaban J connectivity index is 1.69. The van der Waals surface area contributed by atoms with E-state index < -0.39 is 36.7 Å². The van der Waals surface area contributed by atoms with E-state index in [4.69, 9.17) is 0 Å². The van der Waals surface area contributed by atoms with Gasteiger partial charge in [0, 0.05) is 36.6 Å². The Morgan fingerprint density at radius 1 is 0.867 bits per heavy atom. The Labute approximate surface area is 259 Å². The highest BCUT2D eigenvalue weighted by molar-refractivity contribution is 7.86. The van der Waals surface area contributed by atoms with Gasteiger partial charge in [-0.3, -0.25) is 14.7 Å². The molecule has 1 atom stereocenters. The molecule has 6 N–H and O–H groups in total. The Hall–Kier alpha value is -4.85. The van der Waals surface area contributed by atoms with Gasteiger partial charge in [0.05, 0.1) is 23.0 Å². The number of nitro groups is 1. The van der Waals surface area contributed by atoms with Crippen LogP contribution in [0.2, 0.25) is 0 Å². The fourth-order valence-electron chi connectivity index (χ4n) is 4.03. The number of para-hydroxylation sites is 1. The number of hydrogen-bond donors (Lipinski definition) is 6. The SMILES string of the molecule is O=[N+]([O-])c1ccc(/C=C/c2ccc(Nc3nc(Nc4ccccc4)nc(N(CCO)CCO)n3)cc2S(=O)O)c(S(=O)(=O)O)c1. The summed E-state index contributed by atoms with van der Waals surface area (Å²) in [5, 5.41) is 36.1. The van der Waals surface area contributed by atoms with E-state index in [1.54, 1.807) is 17.0 Å². The average molecular weight is 658 g/mol. The number of aliphatic hydroxyl groups is 2. The molecule has 0 aliphatic heterocycles. The lowest BCUT2D eigenvalue weighted by Gasteiger charge is -2.21. The molecule has 0 bridgehead atoms. The zero-order chi connectivity index (χ0) is 32.6. The lowest BCUT2D eigenvalue weighted by molar-refractivity contribution is -0.385. The zero-order valence-electron chi connectivity index (χ0n) is 23.2. The molecule has 1 heterocycles. The van der Waals surface area contributed by atoms with E-state index >= 15 is 0 Å². The van der Waals surface area contributed by atoms with Gasteiger partial charge < -0.3 is 30.3 Å². The first-order valence-corrected chi connectivity index (χ1v) is 15.5. The maximum atomic E-state index is 12.3. The minimum Gasteiger partial charge on any atom is -0.395 e. The van der Waals surface area contributed by atoms with Crippen LogP contribution in [0.4, 0.5) is 34.9 Å². The standard InChI is InChI=1S/C27H27N7O9S2/c35-14-12-33(13-15-36)27-31-25(28-20-4-2-1-3-5-20)30-26(32-27)29-21-10-8-18(23(16-21)44(39)40)6-7-19-9-11-22(34(37)38)17-24(19)45(41,42)43/h1-11,16-17,35-36H,12-15H2,(H,39,40)(H,41,42,43)(H2,28,29,30,31,32)/b7-6+. The Morgan fingerprint density at radius 3 is 2.04 bits per heavy atom. The van der Waals surface area contributed by atoms with Crippen LogP contribution in [0.1, 0.15) is 11.1 Å². The predicted molar refractivity (Wildman–Crippen MR) is 167 cm³/mol. The van der Waals surface area contributed by atoms with Crippen molar-refractivity contribution in [1.82, 2.24) is 15.0 Å². The first-order valence-electron chi connectivity index (χ1n) is 13.0. The third kappa shape index (κ3) is 8.85. The van der Waals surface area contributed by atoms with Crippen LogP contribution in [0.15, 0.2) is 76.5 Å². The number of nitrogens with one attached hydrogen (secondary N) is 2. The van der Waals surface area contributed by atoms with Crippen LogP contribution in [0.5, 0.6) is 0 Å². The Bertz CT molecular complexity index is 1840. The Kier molecular flexibility index (Phi) is 10.8. The van der Waals surface area contributed by atoms with Crippen LogP contribution >= 0.6 is 0 Å². The van der Waals surface area contributed by atoms with E-state index in [1.807, 2.05) is 18.2 Å². The number of aromatic nitrogens is 3. The van der Waals surface area contributed by atoms with Crippen LogP contribution in [0.25, 0.3) is 12.2 Å². The third-order valence-corrected chi connectivity index (χ3v) is 7.70. The number of non-ortho nitro benzene ring substituents is 1. The minimum absolute atomic E-state index is 0.0287. The molecule has 0 spiro atoms. The van der Waals surface area contributed by atoms with Crippen LogP contribution in [-0.4, -0.2) is 78.1 Å². The molecule has 0 amide bonds. The summed E-state index contributed by atoms with van der Waals surface area (Å²) >= 11 is -2.52. The van der Waals surface area contributed by atoms with Gasteiger partial charge >= 0.3 is 0 Å². The molecule has 0 saturated carbocycles. The lowest BCUT2D eigenvalue weighted by atomic mass is 10.1. The summed E-state index contributed by atoms with van der Waals surface area (Å²) in [6.07, 6.45) is 2.54. The van der Waals surface area contributed by atoms with E-state index in [9.17, 15) is 42.1 Å². The molecule has 0 radical (unpaired) electrons. The molecule has 0 aliphatic rings. The van der Waals surface area contributed by atoms with Gasteiger partial charge in [-0.1, -0.05) is 36.4 Å². The molecule has 45 heavy (non-hydrogen) atoms. The zero-order valence-corrected chi connectivity index (χ0v) is 24.8. The molecule has 0 fully saturated rings. The number of nitrogens with zero attached hydrogens (tertiary/aromatic N) is 5. The van der Waals surface area contributed by atoms with E-state index in [0.29, 0.717) is 11.8 Å². The largest absolute Gasteiger partial charge is 0.395 e. The van der Waals surface area contributed by atoms with E-state index in [0.717, 1.165) is 12.1 Å². The molecule has 18 heteroatoms. The number of aliphatic hydroxyl groups excluding tert-OH is 2. The van der Waals surface area contributed by atoms with E-state index in [1.165, 1.54) is 30.4 Å². The first-order chi connectivity index (χ1) is 21.5. The smallest absolute Gasteiger partial charge is 0.295 e. The topological polar surface area (TPSA) is 241 Å². The van der Waals surface area contributed by atoms with Crippen molar-refractivity contribution in [2.24, 2.45) is 0 Å². The van der Waals surface area contributed by atoms with Gasteiger partial charge in [0.1, 0.15) is 4.90 Å². The highest BCUT2D eigenvalue weighted by Gasteiger charge is 2.19. The summed E-state index contributed by atoms with van der Waals surface area (Å²) in [5.41, 5.74) is 0.520. The average Bonchev–Trinajstić information content (AvgIpc) is 3.00. The molecule has 3 aromatic carbocycles. The first kappa shape index (κ1) is 33.1. The van der Waals surface area contributed by atoms with Gasteiger partial charge in [0.25, 0.3) is 15.8 Å². The normalized spacial score (nSPS) is 12.2. The monoisotopic (exact) mass is 657 g/mol. The molecule has 1 unspecified atom stereocenters. The van der Waals surface area contributed by atoms with Gasteiger partial charge in [-0.25, -0.2) is 4.21 Å². The van der Waals surface area contributed by atoms with Crippen LogP contribution < -0.4 is 15.5 Å². The second-order valence-corrected chi connectivity index (χ2v) is 11.5. The van der Waals surface area contributed by atoms with Crippen molar-refractivity contribution in [1.29, 1.82) is 0 Å². The fraction of sp³-hybridized carbons (Fsp3) is 0.148. The number of rotatable bonds is 14. The minimum atomic E-state index is -4.83. The van der Waals surface area contributed by atoms with Crippen LogP contribution in [0, 0.1) is 10.1 Å². The molecular weight excluding hydrogens is 630 g/mol. The van der Waals surface area contributed by atoms with E-state index in [-0.39, 0.29) is 65.9 Å². The summed E-state index contributed by atoms with van der Waals surface area (Å²) in [5.74, 6) is 0.302. The van der Waals surface area contributed by atoms with Crippen molar-refractivity contribution in [2.45, 2.75) is 9.79 Å². The van der Waals surface area contributed by atoms with Crippen LogP contribution in [-0.2, 0) is 21.2 Å². The number of benzene rings is 3. The van der Waals surface area contributed by atoms with Gasteiger partial charge in [0.15, 0.2) is 11.1 Å². The molecule has 0 aliphatic carbocycles. The summed E-state index contributed by atoms with van der Waals surface area (Å²) in [7, 11) is -4.83. The van der Waals surface area contributed by atoms with Gasteiger partial charge in [-0.05, 0) is 41.5 Å². The maximum Gasteiger partial charge on any atom is 0.295 e. The quantitative estimate of drug-likeness (QED) is 0.0375. The highest BCUT2D eigenvalue weighted by Crippen LogP contribution is 2.27. The second-order valence-electron chi connectivity index (χ2n) is 9.12. The van der Waals surface area contributed by atoms with Gasteiger partial charge in [-0.2, -0.15) is 23.4 Å².